The molecule has 1 aromatic carbocycles. The lowest BCUT2D eigenvalue weighted by atomic mass is 10.1. The maximum absolute atomic E-state index is 13.7. The summed E-state index contributed by atoms with van der Waals surface area (Å²) in [5, 5.41) is 11.8. The Hall–Kier alpha value is -2.74. The van der Waals surface area contributed by atoms with Gasteiger partial charge in [0.1, 0.15) is 35.7 Å². The van der Waals surface area contributed by atoms with Gasteiger partial charge in [0.2, 0.25) is 0 Å². The number of carbonyl (C=O) groups excluding carboxylic acids is 2. The van der Waals surface area contributed by atoms with Crippen LogP contribution < -0.4 is 9.59 Å². The van der Waals surface area contributed by atoms with Crippen LogP contribution in [0.4, 0.5) is 14.9 Å². The van der Waals surface area contributed by atoms with E-state index in [4.69, 9.17) is 4.74 Å². The van der Waals surface area contributed by atoms with E-state index in [2.05, 4.69) is 4.98 Å². The van der Waals surface area contributed by atoms with E-state index in [1.807, 2.05) is 0 Å². The molecule has 1 unspecified atom stereocenters. The lowest BCUT2D eigenvalue weighted by Crippen LogP contribution is -2.58. The Bertz CT molecular complexity index is 885. The first kappa shape index (κ1) is 17.1. The highest BCUT2D eigenvalue weighted by atomic mass is 19.1. The van der Waals surface area contributed by atoms with Crippen molar-refractivity contribution in [2.45, 2.75) is 32.9 Å². The van der Waals surface area contributed by atoms with E-state index < -0.39 is 28.0 Å². The molecule has 2 aromatic rings. The Morgan fingerprint density at radius 3 is 2.64 bits per heavy atom. The van der Waals surface area contributed by atoms with Crippen LogP contribution in [0.15, 0.2) is 24.5 Å². The van der Waals surface area contributed by atoms with Crippen LogP contribution in [0.2, 0.25) is 0 Å². The number of aromatic nitrogens is 2. The van der Waals surface area contributed by atoms with Gasteiger partial charge in [0.25, 0.3) is 6.09 Å². The number of hydrogen-bond donors (Lipinski definition) is 0. The lowest BCUT2D eigenvalue weighted by molar-refractivity contribution is -0.263. The molecule has 1 amide bonds. The van der Waals surface area contributed by atoms with E-state index in [0.717, 1.165) is 6.07 Å². The number of halogens is 1. The van der Waals surface area contributed by atoms with Crippen LogP contribution in [0.5, 0.6) is 0 Å². The lowest BCUT2D eigenvalue weighted by Gasteiger charge is -2.38. The van der Waals surface area contributed by atoms with E-state index in [9.17, 15) is 19.1 Å². The Kier molecular flexibility index (Phi) is 3.68. The summed E-state index contributed by atoms with van der Waals surface area (Å²) in [6, 6.07) is 3.83. The molecule has 1 aliphatic rings. The van der Waals surface area contributed by atoms with Crippen molar-refractivity contribution < 1.29 is 23.8 Å². The van der Waals surface area contributed by atoms with E-state index in [1.165, 1.54) is 25.5 Å². The molecule has 0 aliphatic carbocycles. The summed E-state index contributed by atoms with van der Waals surface area (Å²) in [5.74, 6) is -1.20. The molecular weight excluding hydrogens is 329 g/mol. The molecule has 3 rings (SSSR count). The fourth-order valence-corrected chi connectivity index (χ4v) is 2.87. The number of ether oxygens (including phenoxy) is 1. The van der Waals surface area contributed by atoms with Crippen LogP contribution in [0.25, 0.3) is 5.69 Å². The smallest absolute Gasteiger partial charge is 0.359 e. The monoisotopic (exact) mass is 347 g/mol. The number of hydrogen-bond acceptors (Lipinski definition) is 5. The van der Waals surface area contributed by atoms with Gasteiger partial charge in [-0.1, -0.05) is 0 Å². The van der Waals surface area contributed by atoms with Crippen LogP contribution in [-0.4, -0.2) is 34.3 Å². The van der Waals surface area contributed by atoms with Gasteiger partial charge in [-0.3, -0.25) is 4.57 Å². The van der Waals surface area contributed by atoms with Gasteiger partial charge in [-0.2, -0.15) is 0 Å². The summed E-state index contributed by atoms with van der Waals surface area (Å²) < 4.78 is 19.9. The number of carboxylic acid groups (broad SMARTS) is 1. The first-order valence-corrected chi connectivity index (χ1v) is 7.70. The number of amides is 1. The normalized spacial score (nSPS) is 19.1. The Morgan fingerprint density at radius 2 is 2.04 bits per heavy atom. The highest BCUT2D eigenvalue weighted by Crippen LogP contribution is 2.38. The Labute approximate surface area is 143 Å². The minimum atomic E-state index is -1.41. The number of benzene rings is 1. The predicted octanol–water partition coefficient (Wildman–Crippen LogP) is 1.76. The summed E-state index contributed by atoms with van der Waals surface area (Å²) in [4.78, 5) is 28.3. The molecule has 8 heteroatoms. The second kappa shape index (κ2) is 5.38. The van der Waals surface area contributed by atoms with Crippen molar-refractivity contribution in [2.75, 3.05) is 7.05 Å². The molecule has 0 spiro atoms. The average molecular weight is 347 g/mol. The number of nitrogens with zero attached hydrogens (tertiary/aromatic N) is 3. The maximum Gasteiger partial charge on any atom is 0.359 e. The van der Waals surface area contributed by atoms with Crippen molar-refractivity contribution in [3.63, 3.8) is 0 Å². The van der Waals surface area contributed by atoms with Crippen LogP contribution in [-0.2, 0) is 11.3 Å². The summed E-state index contributed by atoms with van der Waals surface area (Å²) in [7, 11) is 1.39. The number of rotatable bonds is 1. The maximum atomic E-state index is 13.7. The van der Waals surface area contributed by atoms with Gasteiger partial charge in [0.15, 0.2) is 11.4 Å². The predicted molar refractivity (Wildman–Crippen MR) is 85.5 cm³/mol. The van der Waals surface area contributed by atoms with Crippen LogP contribution in [0.3, 0.4) is 0 Å². The van der Waals surface area contributed by atoms with Crippen molar-refractivity contribution in [3.05, 3.63) is 41.7 Å². The fourth-order valence-electron chi connectivity index (χ4n) is 2.87. The van der Waals surface area contributed by atoms with Crippen molar-refractivity contribution in [1.29, 1.82) is 0 Å². The van der Waals surface area contributed by atoms with Gasteiger partial charge in [-0.25, -0.2) is 18.7 Å². The van der Waals surface area contributed by atoms with Gasteiger partial charge in [-0.05, 0) is 32.9 Å². The van der Waals surface area contributed by atoms with Gasteiger partial charge >= 0.3 is 5.97 Å². The van der Waals surface area contributed by atoms with E-state index in [-0.39, 0.29) is 17.9 Å². The van der Waals surface area contributed by atoms with Crippen LogP contribution >= 0.6 is 0 Å². The van der Waals surface area contributed by atoms with Crippen molar-refractivity contribution in [1.82, 2.24) is 14.0 Å². The number of fused-ring (bicyclic) bond motifs is 3. The summed E-state index contributed by atoms with van der Waals surface area (Å²) in [6.07, 6.45) is -0.00108. The highest BCUT2D eigenvalue weighted by molar-refractivity contribution is 5.91. The molecule has 0 bridgehead atoms. The molecule has 1 atom stereocenters. The third-order valence-electron chi connectivity index (χ3n) is 4.06. The average Bonchev–Trinajstić information content (AvgIpc) is 2.89. The largest absolute Gasteiger partial charge is 0.498 e. The quantitative estimate of drug-likeness (QED) is 0.580. The molecule has 7 nitrogen and oxygen atoms in total. The first-order chi connectivity index (χ1) is 11.5. The number of carbonyl (C=O) groups is 2. The van der Waals surface area contributed by atoms with Gasteiger partial charge in [0, 0.05) is 6.07 Å². The third-order valence-corrected chi connectivity index (χ3v) is 4.06. The molecule has 0 saturated heterocycles. The van der Waals surface area contributed by atoms with Crippen LogP contribution in [0, 0.1) is 5.82 Å². The molecule has 25 heavy (non-hydrogen) atoms. The minimum absolute atomic E-state index is 0.0375. The molecule has 132 valence electrons. The zero-order valence-corrected chi connectivity index (χ0v) is 14.4. The van der Waals surface area contributed by atoms with Crippen molar-refractivity contribution >= 4 is 17.7 Å². The van der Waals surface area contributed by atoms with Crippen molar-refractivity contribution in [3.8, 4) is 5.69 Å². The summed E-state index contributed by atoms with van der Waals surface area (Å²) in [6.45, 7) is 5.07. The SMILES string of the molecule is CC(C)(C)OC(=O)c1ncn2c1C[N+](C)(C(=O)[O-])c1cc(F)ccc1-2. The van der Waals surface area contributed by atoms with Gasteiger partial charge in [0.05, 0.1) is 7.05 Å². The molecular formula is C17H18FN3O4. The second-order valence-electron chi connectivity index (χ2n) is 7.16. The van der Waals surface area contributed by atoms with Crippen LogP contribution in [0.1, 0.15) is 37.0 Å². The van der Waals surface area contributed by atoms with E-state index in [1.54, 1.807) is 25.3 Å². The summed E-state index contributed by atoms with van der Waals surface area (Å²) >= 11 is 0. The number of quaternary nitrogens is 1. The molecule has 2 heterocycles. The highest BCUT2D eigenvalue weighted by Gasteiger charge is 2.41. The van der Waals surface area contributed by atoms with Gasteiger partial charge in [-0.15, -0.1) is 0 Å². The van der Waals surface area contributed by atoms with E-state index >= 15 is 0 Å². The topological polar surface area (TPSA) is 84.2 Å². The van der Waals surface area contributed by atoms with E-state index in [0.29, 0.717) is 11.4 Å². The molecule has 1 aromatic heterocycles. The second-order valence-corrected chi connectivity index (χ2v) is 7.16. The zero-order chi connectivity index (χ0) is 18.6. The molecule has 0 fully saturated rings. The Morgan fingerprint density at radius 1 is 1.36 bits per heavy atom. The van der Waals surface area contributed by atoms with Gasteiger partial charge < -0.3 is 14.6 Å². The molecule has 0 radical (unpaired) electrons. The van der Waals surface area contributed by atoms with Crippen molar-refractivity contribution in [2.24, 2.45) is 0 Å². The first-order valence-electron chi connectivity index (χ1n) is 7.70. The number of esters is 1. The fraction of sp³-hybridized carbons (Fsp3) is 0.353. The minimum Gasteiger partial charge on any atom is -0.498 e. The standard InChI is InChI=1S/C17H18FN3O4/c1-17(2,3)25-15(22)14-12-8-21(4,16(23)24)13-7-10(18)5-6-11(13)20(12)9-19-14/h5-7,9H,8H2,1-4H3. The Balaban J connectivity index is 2.17. The molecule has 1 aliphatic heterocycles. The zero-order valence-electron chi connectivity index (χ0n) is 14.4. The third kappa shape index (κ3) is 2.78. The summed E-state index contributed by atoms with van der Waals surface area (Å²) in [5.41, 5.74) is 0.350. The molecule has 0 N–H and O–H groups in total. The molecule has 0 saturated carbocycles. The number of imidazole rings is 1.